The van der Waals surface area contributed by atoms with Crippen LogP contribution in [0.5, 0.6) is 0 Å². The number of anilines is 1. The highest BCUT2D eigenvalue weighted by atomic mass is 16.5. The molecule has 0 saturated heterocycles. The van der Waals surface area contributed by atoms with E-state index in [0.29, 0.717) is 6.04 Å². The van der Waals surface area contributed by atoms with Crippen molar-refractivity contribution in [3.63, 3.8) is 0 Å². The van der Waals surface area contributed by atoms with Gasteiger partial charge in [-0.25, -0.2) is 4.98 Å². The van der Waals surface area contributed by atoms with E-state index < -0.39 is 0 Å². The average Bonchev–Trinajstić information content (AvgIpc) is 2.76. The van der Waals surface area contributed by atoms with Gasteiger partial charge in [-0.05, 0) is 26.7 Å². The van der Waals surface area contributed by atoms with E-state index in [1.807, 2.05) is 19.3 Å². The standard InChI is InChI=1S/C12H23N3O/c1-4-11(3)15-9-8-14-12(15)13-7-6-10-16-5-2/h8-9,11H,4-7,10H2,1-3H3,(H,13,14). The summed E-state index contributed by atoms with van der Waals surface area (Å²) in [6.45, 7) is 8.92. The van der Waals surface area contributed by atoms with E-state index >= 15 is 0 Å². The maximum absolute atomic E-state index is 5.28. The molecule has 1 heterocycles. The lowest BCUT2D eigenvalue weighted by molar-refractivity contribution is 0.147. The molecule has 4 heteroatoms. The van der Waals surface area contributed by atoms with Crippen LogP contribution in [0.1, 0.15) is 39.7 Å². The molecule has 0 aliphatic heterocycles. The minimum Gasteiger partial charge on any atom is -0.382 e. The second-order valence-electron chi connectivity index (χ2n) is 3.89. The van der Waals surface area contributed by atoms with Crippen LogP contribution in [0.4, 0.5) is 5.95 Å². The van der Waals surface area contributed by atoms with Crippen LogP contribution < -0.4 is 5.32 Å². The number of rotatable bonds is 8. The predicted octanol–water partition coefficient (Wildman–Crippen LogP) is 2.69. The highest BCUT2D eigenvalue weighted by Gasteiger charge is 2.06. The number of imidazole rings is 1. The smallest absolute Gasteiger partial charge is 0.203 e. The van der Waals surface area contributed by atoms with Crippen molar-refractivity contribution in [2.75, 3.05) is 25.1 Å². The van der Waals surface area contributed by atoms with E-state index in [9.17, 15) is 0 Å². The Hall–Kier alpha value is -1.03. The van der Waals surface area contributed by atoms with E-state index in [1.54, 1.807) is 0 Å². The summed E-state index contributed by atoms with van der Waals surface area (Å²) in [5.74, 6) is 0.964. The van der Waals surface area contributed by atoms with Crippen molar-refractivity contribution in [2.45, 2.75) is 39.7 Å². The maximum atomic E-state index is 5.28. The zero-order chi connectivity index (χ0) is 11.8. The van der Waals surface area contributed by atoms with E-state index in [1.165, 1.54) is 0 Å². The fourth-order valence-electron chi connectivity index (χ4n) is 1.52. The second kappa shape index (κ2) is 7.28. The molecule has 1 aromatic heterocycles. The normalized spacial score (nSPS) is 12.7. The number of nitrogens with zero attached hydrogens (tertiary/aromatic N) is 2. The van der Waals surface area contributed by atoms with Crippen molar-refractivity contribution in [1.29, 1.82) is 0 Å². The lowest BCUT2D eigenvalue weighted by Crippen LogP contribution is -2.12. The number of ether oxygens (including phenoxy) is 1. The molecule has 1 N–H and O–H groups in total. The first-order chi connectivity index (χ1) is 7.79. The van der Waals surface area contributed by atoms with Crippen LogP contribution in [-0.4, -0.2) is 29.3 Å². The highest BCUT2D eigenvalue weighted by molar-refractivity contribution is 5.26. The molecule has 1 unspecified atom stereocenters. The van der Waals surface area contributed by atoms with Crippen LogP contribution in [-0.2, 0) is 4.74 Å². The van der Waals surface area contributed by atoms with Gasteiger partial charge < -0.3 is 14.6 Å². The highest BCUT2D eigenvalue weighted by Crippen LogP contribution is 2.15. The third kappa shape index (κ3) is 3.85. The molecule has 0 radical (unpaired) electrons. The molecule has 1 aromatic rings. The van der Waals surface area contributed by atoms with Gasteiger partial charge in [0.25, 0.3) is 0 Å². The molecule has 0 aromatic carbocycles. The summed E-state index contributed by atoms with van der Waals surface area (Å²) >= 11 is 0. The molecule has 92 valence electrons. The summed E-state index contributed by atoms with van der Waals surface area (Å²) in [6.07, 6.45) is 6.00. The summed E-state index contributed by atoms with van der Waals surface area (Å²) in [6, 6.07) is 0.497. The Morgan fingerprint density at radius 1 is 1.50 bits per heavy atom. The van der Waals surface area contributed by atoms with Gasteiger partial charge in [0.05, 0.1) is 0 Å². The van der Waals surface area contributed by atoms with Crippen LogP contribution in [0.25, 0.3) is 0 Å². The van der Waals surface area contributed by atoms with Gasteiger partial charge in [-0.1, -0.05) is 6.92 Å². The fraction of sp³-hybridized carbons (Fsp3) is 0.750. The Morgan fingerprint density at radius 2 is 2.31 bits per heavy atom. The van der Waals surface area contributed by atoms with E-state index in [2.05, 4.69) is 28.7 Å². The number of nitrogens with one attached hydrogen (secondary N) is 1. The molecule has 16 heavy (non-hydrogen) atoms. The first-order valence-corrected chi connectivity index (χ1v) is 6.14. The number of hydrogen-bond donors (Lipinski definition) is 1. The predicted molar refractivity (Wildman–Crippen MR) is 66.8 cm³/mol. The van der Waals surface area contributed by atoms with Crippen molar-refractivity contribution in [3.05, 3.63) is 12.4 Å². The van der Waals surface area contributed by atoms with Crippen molar-refractivity contribution < 1.29 is 4.74 Å². The van der Waals surface area contributed by atoms with Crippen LogP contribution in [0.15, 0.2) is 12.4 Å². The van der Waals surface area contributed by atoms with Gasteiger partial charge >= 0.3 is 0 Å². The molecule has 0 amide bonds. The molecular weight excluding hydrogens is 202 g/mol. The first kappa shape index (κ1) is 13.0. The van der Waals surface area contributed by atoms with E-state index in [0.717, 1.165) is 38.5 Å². The molecule has 4 nitrogen and oxygen atoms in total. The topological polar surface area (TPSA) is 39.1 Å². The largest absolute Gasteiger partial charge is 0.382 e. The van der Waals surface area contributed by atoms with Crippen LogP contribution in [0.3, 0.4) is 0 Å². The van der Waals surface area contributed by atoms with Crippen molar-refractivity contribution in [2.24, 2.45) is 0 Å². The van der Waals surface area contributed by atoms with Gasteiger partial charge in [0, 0.05) is 38.2 Å². The molecule has 1 rings (SSSR count). The van der Waals surface area contributed by atoms with Crippen LogP contribution in [0.2, 0.25) is 0 Å². The molecule has 0 saturated carbocycles. The van der Waals surface area contributed by atoms with Crippen molar-refractivity contribution >= 4 is 5.95 Å². The van der Waals surface area contributed by atoms with Gasteiger partial charge in [0.15, 0.2) is 0 Å². The Bertz CT molecular complexity index is 286. The molecule has 0 spiro atoms. The van der Waals surface area contributed by atoms with Crippen LogP contribution in [0, 0.1) is 0 Å². The molecule has 0 aliphatic rings. The van der Waals surface area contributed by atoms with Crippen LogP contribution >= 0.6 is 0 Å². The Kier molecular flexibility index (Phi) is 5.93. The molecule has 0 bridgehead atoms. The third-order valence-electron chi connectivity index (χ3n) is 2.69. The molecule has 1 atom stereocenters. The summed E-state index contributed by atoms with van der Waals surface area (Å²) in [5, 5.41) is 3.34. The van der Waals surface area contributed by atoms with Gasteiger partial charge in [-0.15, -0.1) is 0 Å². The number of aromatic nitrogens is 2. The SMILES string of the molecule is CCOCCCNc1nccn1C(C)CC. The first-order valence-electron chi connectivity index (χ1n) is 6.14. The quantitative estimate of drug-likeness (QED) is 0.691. The molecule has 0 aliphatic carbocycles. The van der Waals surface area contributed by atoms with E-state index in [-0.39, 0.29) is 0 Å². The lowest BCUT2D eigenvalue weighted by atomic mass is 10.2. The van der Waals surface area contributed by atoms with Gasteiger partial charge in [-0.3, -0.25) is 0 Å². The fourth-order valence-corrected chi connectivity index (χ4v) is 1.52. The molecule has 0 fully saturated rings. The molecular formula is C12H23N3O. The Labute approximate surface area is 98.0 Å². The minimum absolute atomic E-state index is 0.497. The summed E-state index contributed by atoms with van der Waals surface area (Å²) < 4.78 is 7.47. The zero-order valence-electron chi connectivity index (χ0n) is 10.6. The monoisotopic (exact) mass is 225 g/mol. The minimum atomic E-state index is 0.497. The van der Waals surface area contributed by atoms with Crippen molar-refractivity contribution in [3.8, 4) is 0 Å². The zero-order valence-corrected chi connectivity index (χ0v) is 10.6. The Morgan fingerprint density at radius 3 is 3.00 bits per heavy atom. The maximum Gasteiger partial charge on any atom is 0.203 e. The Balaban J connectivity index is 2.33. The summed E-state index contributed by atoms with van der Waals surface area (Å²) in [4.78, 5) is 4.31. The third-order valence-corrected chi connectivity index (χ3v) is 2.69. The second-order valence-corrected chi connectivity index (χ2v) is 3.89. The summed E-state index contributed by atoms with van der Waals surface area (Å²) in [7, 11) is 0. The number of hydrogen-bond acceptors (Lipinski definition) is 3. The summed E-state index contributed by atoms with van der Waals surface area (Å²) in [5.41, 5.74) is 0. The van der Waals surface area contributed by atoms with E-state index in [4.69, 9.17) is 4.74 Å². The van der Waals surface area contributed by atoms with Gasteiger partial charge in [0.2, 0.25) is 5.95 Å². The van der Waals surface area contributed by atoms with Gasteiger partial charge in [0.1, 0.15) is 0 Å². The lowest BCUT2D eigenvalue weighted by Gasteiger charge is -2.15. The van der Waals surface area contributed by atoms with Gasteiger partial charge in [-0.2, -0.15) is 0 Å². The average molecular weight is 225 g/mol. The van der Waals surface area contributed by atoms with Crippen molar-refractivity contribution in [1.82, 2.24) is 9.55 Å².